The van der Waals surface area contributed by atoms with Crippen LogP contribution >= 0.6 is 11.6 Å². The third-order valence-corrected chi connectivity index (χ3v) is 5.08. The first-order valence-corrected chi connectivity index (χ1v) is 8.90. The zero-order valence-corrected chi connectivity index (χ0v) is 13.8. The molecule has 0 saturated heterocycles. The normalized spacial score (nSPS) is 11.9. The van der Waals surface area contributed by atoms with E-state index in [2.05, 4.69) is 13.8 Å². The van der Waals surface area contributed by atoms with E-state index in [-0.39, 0.29) is 20.9 Å². The molecule has 0 bridgehead atoms. The number of unbranched alkanes of at least 4 members (excludes halogenated alkanes) is 1. The number of halogens is 1. The number of carbonyl (C=O) groups excluding carboxylic acids is 1. The molecule has 19 heavy (non-hydrogen) atoms. The van der Waals surface area contributed by atoms with Crippen LogP contribution in [0.2, 0.25) is 5.32 Å². The van der Waals surface area contributed by atoms with Crippen LogP contribution in [0.5, 0.6) is 0 Å². The fraction of sp³-hybridized carbons (Fsp3) is 0.400. The minimum atomic E-state index is -0.260. The van der Waals surface area contributed by atoms with Crippen molar-refractivity contribution in [3.05, 3.63) is 40.4 Å². The van der Waals surface area contributed by atoms with Gasteiger partial charge in [-0.05, 0) is 0 Å². The minimum absolute atomic E-state index is 0.0518. The average Bonchev–Trinajstić information content (AvgIpc) is 2.45. The van der Waals surface area contributed by atoms with Gasteiger partial charge in [0.2, 0.25) is 0 Å². The Balaban J connectivity index is 2.88. The summed E-state index contributed by atoms with van der Waals surface area (Å²) in [5, 5.41) is 1.46. The van der Waals surface area contributed by atoms with Crippen LogP contribution in [-0.4, -0.2) is 27.5 Å². The summed E-state index contributed by atoms with van der Waals surface area (Å²) in [7, 11) is 0. The molecule has 0 aliphatic carbocycles. The second-order valence-electron chi connectivity index (χ2n) is 3.93. The summed E-state index contributed by atoms with van der Waals surface area (Å²) in [4.78, 5) is 12.1. The fourth-order valence-corrected chi connectivity index (χ4v) is 3.42. The molecule has 0 unspecified atom stereocenters. The number of hydrogen-bond donors (Lipinski definition) is 0. The van der Waals surface area contributed by atoms with Gasteiger partial charge in [0.05, 0.1) is 0 Å². The summed E-state index contributed by atoms with van der Waals surface area (Å²) in [6.45, 7) is 4.59. The van der Waals surface area contributed by atoms with Crippen molar-refractivity contribution in [1.29, 1.82) is 0 Å². The van der Waals surface area contributed by atoms with Gasteiger partial charge in [0.25, 0.3) is 0 Å². The van der Waals surface area contributed by atoms with Gasteiger partial charge in [0, 0.05) is 0 Å². The van der Waals surface area contributed by atoms with Gasteiger partial charge in [-0.25, -0.2) is 0 Å². The van der Waals surface area contributed by atoms with Crippen LogP contribution in [0.4, 0.5) is 0 Å². The van der Waals surface area contributed by atoms with E-state index in [9.17, 15) is 4.79 Å². The Labute approximate surface area is 126 Å². The molecule has 2 nitrogen and oxygen atoms in total. The third kappa shape index (κ3) is 5.40. The Morgan fingerprint density at radius 1 is 1.26 bits per heavy atom. The molecule has 0 aliphatic rings. The SMILES string of the molecule is CCCCOC(=O)/C([Se]CC)=C(\Cl)c1ccccc1. The van der Waals surface area contributed by atoms with Crippen molar-refractivity contribution in [3.8, 4) is 0 Å². The second kappa shape index (κ2) is 9.19. The predicted molar refractivity (Wildman–Crippen MR) is 81.3 cm³/mol. The summed E-state index contributed by atoms with van der Waals surface area (Å²) in [5.41, 5.74) is 0.877. The van der Waals surface area contributed by atoms with Gasteiger partial charge in [-0.2, -0.15) is 0 Å². The second-order valence-corrected chi connectivity index (χ2v) is 6.98. The molecule has 1 rings (SSSR count). The van der Waals surface area contributed by atoms with Gasteiger partial charge in [-0.15, -0.1) is 0 Å². The van der Waals surface area contributed by atoms with Crippen LogP contribution in [0.15, 0.2) is 34.8 Å². The van der Waals surface area contributed by atoms with Crippen molar-refractivity contribution < 1.29 is 9.53 Å². The maximum atomic E-state index is 12.1. The summed E-state index contributed by atoms with van der Waals surface area (Å²) >= 11 is 6.40. The number of rotatable bonds is 7. The number of hydrogen-bond acceptors (Lipinski definition) is 2. The molecule has 0 aliphatic heterocycles. The van der Waals surface area contributed by atoms with E-state index in [0.717, 1.165) is 23.7 Å². The standard InChI is InChI=1S/C15H19ClO2Se/c1-3-5-11-18-15(17)14(19-4-2)13(16)12-9-7-6-8-10-12/h6-10H,3-5,11H2,1-2H3/b14-13+. The molecule has 1 aromatic carbocycles. The van der Waals surface area contributed by atoms with E-state index in [1.807, 2.05) is 30.3 Å². The summed E-state index contributed by atoms with van der Waals surface area (Å²) < 4.78 is 5.91. The Bertz CT molecular complexity index is 429. The van der Waals surface area contributed by atoms with Crippen molar-refractivity contribution in [3.63, 3.8) is 0 Å². The van der Waals surface area contributed by atoms with Crippen molar-refractivity contribution >= 4 is 37.6 Å². The number of esters is 1. The van der Waals surface area contributed by atoms with E-state index < -0.39 is 0 Å². The topological polar surface area (TPSA) is 26.3 Å². The van der Waals surface area contributed by atoms with Crippen LogP contribution < -0.4 is 0 Å². The predicted octanol–water partition coefficient (Wildman–Crippen LogP) is 4.08. The number of benzene rings is 1. The molecular weight excluding hydrogens is 327 g/mol. The van der Waals surface area contributed by atoms with Crippen LogP contribution in [0, 0.1) is 0 Å². The van der Waals surface area contributed by atoms with E-state index >= 15 is 0 Å². The van der Waals surface area contributed by atoms with Crippen molar-refractivity contribution in [1.82, 2.24) is 0 Å². The van der Waals surface area contributed by atoms with E-state index in [1.54, 1.807) is 0 Å². The van der Waals surface area contributed by atoms with E-state index in [1.165, 1.54) is 0 Å². The first-order valence-electron chi connectivity index (χ1n) is 6.45. The molecule has 0 saturated carbocycles. The van der Waals surface area contributed by atoms with Crippen molar-refractivity contribution in [2.75, 3.05) is 6.61 Å². The molecule has 0 heterocycles. The van der Waals surface area contributed by atoms with Crippen molar-refractivity contribution in [2.24, 2.45) is 0 Å². The first-order chi connectivity index (χ1) is 9.20. The summed E-state index contributed by atoms with van der Waals surface area (Å²) in [5.74, 6) is -0.260. The zero-order valence-electron chi connectivity index (χ0n) is 11.3. The van der Waals surface area contributed by atoms with Gasteiger partial charge in [0.1, 0.15) is 0 Å². The molecule has 0 radical (unpaired) electrons. The van der Waals surface area contributed by atoms with Crippen LogP contribution in [0.1, 0.15) is 32.3 Å². The van der Waals surface area contributed by atoms with Crippen LogP contribution in [0.3, 0.4) is 0 Å². The number of carbonyl (C=O) groups is 1. The van der Waals surface area contributed by atoms with E-state index in [4.69, 9.17) is 16.3 Å². The third-order valence-electron chi connectivity index (χ3n) is 2.43. The molecule has 0 amide bonds. The maximum absolute atomic E-state index is 12.1. The quantitative estimate of drug-likeness (QED) is 0.322. The van der Waals surface area contributed by atoms with Gasteiger partial charge in [-0.3, -0.25) is 0 Å². The molecule has 0 fully saturated rings. The molecule has 0 atom stereocenters. The zero-order chi connectivity index (χ0) is 14.1. The summed E-state index contributed by atoms with van der Waals surface area (Å²) in [6.07, 6.45) is 1.90. The Morgan fingerprint density at radius 3 is 2.53 bits per heavy atom. The first kappa shape index (κ1) is 16.3. The molecule has 0 N–H and O–H groups in total. The monoisotopic (exact) mass is 346 g/mol. The molecular formula is C15H19ClO2Se. The Hall–Kier alpha value is -0.761. The van der Waals surface area contributed by atoms with Crippen molar-refractivity contribution in [2.45, 2.75) is 32.0 Å². The molecule has 1 aromatic rings. The molecule has 104 valence electrons. The van der Waals surface area contributed by atoms with Crippen LogP contribution in [-0.2, 0) is 9.53 Å². The fourth-order valence-electron chi connectivity index (χ4n) is 1.45. The van der Waals surface area contributed by atoms with Gasteiger partial charge >= 0.3 is 126 Å². The van der Waals surface area contributed by atoms with Crippen LogP contribution in [0.25, 0.3) is 5.03 Å². The average molecular weight is 346 g/mol. The number of ether oxygens (including phenoxy) is 1. The van der Waals surface area contributed by atoms with Gasteiger partial charge < -0.3 is 0 Å². The summed E-state index contributed by atoms with van der Waals surface area (Å²) in [6, 6.07) is 9.58. The molecule has 0 spiro atoms. The van der Waals surface area contributed by atoms with Gasteiger partial charge in [0.15, 0.2) is 0 Å². The molecule has 0 aromatic heterocycles. The Morgan fingerprint density at radius 2 is 1.95 bits per heavy atom. The molecule has 4 heteroatoms. The van der Waals surface area contributed by atoms with E-state index in [0.29, 0.717) is 16.1 Å². The Kier molecular flexibility index (Phi) is 7.88. The van der Waals surface area contributed by atoms with Gasteiger partial charge in [-0.1, -0.05) is 0 Å².